The standard InChI is InChI=1S/C17H19NO2S/c1-12(13-7-5-4-6-8-13)18-17(19)15-10-9-14(21-3)11-16(15)20-2/h4-12H,1-3H3,(H,18,19). The number of carbonyl (C=O) groups is 1. The summed E-state index contributed by atoms with van der Waals surface area (Å²) in [5, 5.41) is 3.00. The van der Waals surface area contributed by atoms with E-state index >= 15 is 0 Å². The van der Waals surface area contributed by atoms with E-state index in [1.54, 1.807) is 24.9 Å². The molecule has 2 rings (SSSR count). The molecule has 0 saturated carbocycles. The molecule has 110 valence electrons. The summed E-state index contributed by atoms with van der Waals surface area (Å²) in [5.41, 5.74) is 1.63. The second-order valence-corrected chi connectivity index (χ2v) is 5.55. The van der Waals surface area contributed by atoms with E-state index in [9.17, 15) is 4.79 Å². The summed E-state index contributed by atoms with van der Waals surface area (Å²) in [6.07, 6.45) is 1.99. The Hall–Kier alpha value is -1.94. The summed E-state index contributed by atoms with van der Waals surface area (Å²) in [6.45, 7) is 1.97. The number of amides is 1. The maximum absolute atomic E-state index is 12.4. The van der Waals surface area contributed by atoms with Gasteiger partial charge in [0.15, 0.2) is 0 Å². The molecule has 0 saturated heterocycles. The van der Waals surface area contributed by atoms with Crippen LogP contribution in [0, 0.1) is 0 Å². The fraction of sp³-hybridized carbons (Fsp3) is 0.235. The number of rotatable bonds is 5. The van der Waals surface area contributed by atoms with Crippen molar-refractivity contribution in [2.75, 3.05) is 13.4 Å². The first kappa shape index (κ1) is 15.4. The van der Waals surface area contributed by atoms with Gasteiger partial charge in [0.2, 0.25) is 0 Å². The predicted octanol–water partition coefficient (Wildman–Crippen LogP) is 3.91. The first-order chi connectivity index (χ1) is 10.2. The van der Waals surface area contributed by atoms with E-state index in [4.69, 9.17) is 4.74 Å². The highest BCUT2D eigenvalue weighted by molar-refractivity contribution is 7.98. The van der Waals surface area contributed by atoms with E-state index in [1.165, 1.54) is 0 Å². The zero-order valence-electron chi connectivity index (χ0n) is 12.4. The molecule has 21 heavy (non-hydrogen) atoms. The monoisotopic (exact) mass is 301 g/mol. The molecule has 1 N–H and O–H groups in total. The Morgan fingerprint density at radius 1 is 1.19 bits per heavy atom. The number of nitrogens with one attached hydrogen (secondary N) is 1. The van der Waals surface area contributed by atoms with Gasteiger partial charge in [0.1, 0.15) is 5.75 Å². The predicted molar refractivity (Wildman–Crippen MR) is 87.1 cm³/mol. The maximum atomic E-state index is 12.4. The van der Waals surface area contributed by atoms with Crippen molar-refractivity contribution < 1.29 is 9.53 Å². The minimum absolute atomic E-state index is 0.0522. The molecule has 4 heteroatoms. The third-order valence-corrected chi connectivity index (χ3v) is 4.03. The molecule has 2 aromatic rings. The highest BCUT2D eigenvalue weighted by Gasteiger charge is 2.15. The lowest BCUT2D eigenvalue weighted by Gasteiger charge is -2.16. The summed E-state index contributed by atoms with van der Waals surface area (Å²) in [6, 6.07) is 15.4. The number of ether oxygens (including phenoxy) is 1. The molecule has 0 radical (unpaired) electrons. The van der Waals surface area contributed by atoms with Gasteiger partial charge in [-0.2, -0.15) is 0 Å². The van der Waals surface area contributed by atoms with Crippen LogP contribution in [0.3, 0.4) is 0 Å². The van der Waals surface area contributed by atoms with Crippen LogP contribution in [0.4, 0.5) is 0 Å². The fourth-order valence-electron chi connectivity index (χ4n) is 2.09. The van der Waals surface area contributed by atoms with Gasteiger partial charge in [0.25, 0.3) is 5.91 Å². The van der Waals surface area contributed by atoms with Gasteiger partial charge in [-0.1, -0.05) is 30.3 Å². The number of thioether (sulfide) groups is 1. The van der Waals surface area contributed by atoms with E-state index in [0.29, 0.717) is 11.3 Å². The zero-order valence-corrected chi connectivity index (χ0v) is 13.2. The molecule has 1 unspecified atom stereocenters. The molecule has 2 aromatic carbocycles. The molecular weight excluding hydrogens is 282 g/mol. The average Bonchev–Trinajstić information content (AvgIpc) is 2.54. The molecule has 0 spiro atoms. The molecular formula is C17H19NO2S. The Bertz CT molecular complexity index is 613. The summed E-state index contributed by atoms with van der Waals surface area (Å²) in [4.78, 5) is 13.5. The van der Waals surface area contributed by atoms with Crippen LogP contribution in [0.2, 0.25) is 0 Å². The van der Waals surface area contributed by atoms with Crippen LogP contribution >= 0.6 is 11.8 Å². The highest BCUT2D eigenvalue weighted by Crippen LogP contribution is 2.26. The van der Waals surface area contributed by atoms with Crippen molar-refractivity contribution in [3.8, 4) is 5.75 Å². The number of hydrogen-bond donors (Lipinski definition) is 1. The van der Waals surface area contributed by atoms with Gasteiger partial charge in [-0.15, -0.1) is 11.8 Å². The van der Waals surface area contributed by atoms with Crippen molar-refractivity contribution in [3.05, 3.63) is 59.7 Å². The summed E-state index contributed by atoms with van der Waals surface area (Å²) in [7, 11) is 1.58. The molecule has 1 amide bonds. The lowest BCUT2D eigenvalue weighted by molar-refractivity contribution is 0.0936. The topological polar surface area (TPSA) is 38.3 Å². The smallest absolute Gasteiger partial charge is 0.255 e. The Balaban J connectivity index is 2.17. The van der Waals surface area contributed by atoms with Crippen LogP contribution < -0.4 is 10.1 Å². The summed E-state index contributed by atoms with van der Waals surface area (Å²) in [5.74, 6) is 0.468. The highest BCUT2D eigenvalue weighted by atomic mass is 32.2. The fourth-order valence-corrected chi connectivity index (χ4v) is 2.51. The van der Waals surface area contributed by atoms with Crippen molar-refractivity contribution >= 4 is 17.7 Å². The molecule has 0 aliphatic carbocycles. The van der Waals surface area contributed by atoms with Crippen molar-refractivity contribution in [2.45, 2.75) is 17.9 Å². The van der Waals surface area contributed by atoms with E-state index < -0.39 is 0 Å². The van der Waals surface area contributed by atoms with E-state index in [0.717, 1.165) is 10.5 Å². The van der Waals surface area contributed by atoms with Crippen LogP contribution in [-0.4, -0.2) is 19.3 Å². The van der Waals surface area contributed by atoms with E-state index in [-0.39, 0.29) is 11.9 Å². The Morgan fingerprint density at radius 3 is 2.52 bits per heavy atom. The molecule has 0 aliphatic rings. The van der Waals surface area contributed by atoms with Gasteiger partial charge in [0.05, 0.1) is 18.7 Å². The third-order valence-electron chi connectivity index (χ3n) is 3.30. The van der Waals surface area contributed by atoms with Crippen LogP contribution in [-0.2, 0) is 0 Å². The molecule has 0 bridgehead atoms. The molecule has 0 aliphatic heterocycles. The third kappa shape index (κ3) is 3.79. The quantitative estimate of drug-likeness (QED) is 0.851. The van der Waals surface area contributed by atoms with Gasteiger partial charge < -0.3 is 10.1 Å². The number of hydrogen-bond acceptors (Lipinski definition) is 3. The van der Waals surface area contributed by atoms with Crippen molar-refractivity contribution in [3.63, 3.8) is 0 Å². The molecule has 0 heterocycles. The van der Waals surface area contributed by atoms with Crippen LogP contribution in [0.5, 0.6) is 5.75 Å². The minimum atomic E-state index is -0.129. The summed E-state index contributed by atoms with van der Waals surface area (Å²) < 4.78 is 5.32. The van der Waals surface area contributed by atoms with Crippen molar-refractivity contribution in [1.82, 2.24) is 5.32 Å². The maximum Gasteiger partial charge on any atom is 0.255 e. The molecule has 1 atom stereocenters. The first-order valence-electron chi connectivity index (χ1n) is 6.73. The molecule has 0 fully saturated rings. The SMILES string of the molecule is COc1cc(SC)ccc1C(=O)NC(C)c1ccccc1. The second-order valence-electron chi connectivity index (χ2n) is 4.67. The normalized spacial score (nSPS) is 11.8. The first-order valence-corrected chi connectivity index (χ1v) is 7.96. The molecule has 3 nitrogen and oxygen atoms in total. The van der Waals surface area contributed by atoms with Crippen LogP contribution in [0.25, 0.3) is 0 Å². The van der Waals surface area contributed by atoms with E-state index in [1.807, 2.05) is 55.6 Å². The van der Waals surface area contributed by atoms with Gasteiger partial charge in [0, 0.05) is 4.90 Å². The number of carbonyl (C=O) groups excluding carboxylic acids is 1. The summed E-state index contributed by atoms with van der Waals surface area (Å²) >= 11 is 1.62. The number of benzene rings is 2. The van der Waals surface area contributed by atoms with Crippen molar-refractivity contribution in [2.24, 2.45) is 0 Å². The Morgan fingerprint density at radius 2 is 1.90 bits per heavy atom. The van der Waals surface area contributed by atoms with Gasteiger partial charge in [-0.25, -0.2) is 0 Å². The van der Waals surface area contributed by atoms with Gasteiger partial charge in [-0.3, -0.25) is 4.79 Å². The Kier molecular flexibility index (Phi) is 5.28. The van der Waals surface area contributed by atoms with Crippen LogP contribution in [0.15, 0.2) is 53.4 Å². The van der Waals surface area contributed by atoms with E-state index in [2.05, 4.69) is 5.32 Å². The largest absolute Gasteiger partial charge is 0.496 e. The number of methoxy groups -OCH3 is 1. The molecule has 0 aromatic heterocycles. The lowest BCUT2D eigenvalue weighted by Crippen LogP contribution is -2.27. The Labute approximate surface area is 129 Å². The second kappa shape index (κ2) is 7.18. The zero-order chi connectivity index (χ0) is 15.2. The van der Waals surface area contributed by atoms with Gasteiger partial charge >= 0.3 is 0 Å². The lowest BCUT2D eigenvalue weighted by atomic mass is 10.1. The minimum Gasteiger partial charge on any atom is -0.496 e. The van der Waals surface area contributed by atoms with Gasteiger partial charge in [-0.05, 0) is 36.9 Å². The van der Waals surface area contributed by atoms with Crippen molar-refractivity contribution in [1.29, 1.82) is 0 Å². The average molecular weight is 301 g/mol. The van der Waals surface area contributed by atoms with Crippen LogP contribution in [0.1, 0.15) is 28.9 Å².